The number of hydrogen-bond donors (Lipinski definition) is 1. The van der Waals surface area contributed by atoms with Crippen LogP contribution in [-0.2, 0) is 11.2 Å². The predicted octanol–water partition coefficient (Wildman–Crippen LogP) is 2.61. The molecule has 4 aliphatic rings. The first kappa shape index (κ1) is 13.0. The Balaban J connectivity index is 1.73. The van der Waals surface area contributed by atoms with Crippen LogP contribution < -0.4 is 0 Å². The van der Waals surface area contributed by atoms with Gasteiger partial charge in [-0.2, -0.15) is 0 Å². The van der Waals surface area contributed by atoms with E-state index in [1.807, 2.05) is 0 Å². The van der Waals surface area contributed by atoms with E-state index in [9.17, 15) is 5.11 Å². The van der Waals surface area contributed by atoms with Crippen LogP contribution in [0.15, 0.2) is 24.3 Å². The standard InChI is InChI=1S/C19H22N2O2/c1-2-19-9-15-21-13-6-4-3-5-11(13)12-7-8-20(17(19)16(12)21)10-14(22)18(19)23-15/h3-6,14-15,17-18,22H,2,7-10H2,1H3/t14-,15-,17-,18-,19+/m1/s1. The van der Waals surface area contributed by atoms with Crippen molar-refractivity contribution in [1.29, 1.82) is 0 Å². The van der Waals surface area contributed by atoms with Gasteiger partial charge in [-0.1, -0.05) is 25.1 Å². The monoisotopic (exact) mass is 310 g/mol. The van der Waals surface area contributed by atoms with Crippen LogP contribution in [-0.4, -0.2) is 39.9 Å². The van der Waals surface area contributed by atoms with Gasteiger partial charge < -0.3 is 14.4 Å². The Morgan fingerprint density at radius 2 is 2.22 bits per heavy atom. The minimum absolute atomic E-state index is 0.0108. The highest BCUT2D eigenvalue weighted by Gasteiger charge is 2.64. The zero-order chi connectivity index (χ0) is 15.3. The number of benzene rings is 1. The molecule has 5 heterocycles. The molecule has 2 aromatic rings. The average Bonchev–Trinajstić information content (AvgIpc) is 3.09. The van der Waals surface area contributed by atoms with Gasteiger partial charge >= 0.3 is 0 Å². The lowest BCUT2D eigenvalue weighted by Crippen LogP contribution is -2.60. The fourth-order valence-electron chi connectivity index (χ4n) is 6.17. The van der Waals surface area contributed by atoms with Gasteiger partial charge in [-0.3, -0.25) is 4.90 Å². The third kappa shape index (κ3) is 1.29. The SMILES string of the molecule is CC[C@@]12C[C@H]3O[C@@H]1[C@H](O)CN1CCc4c(n3c3ccccc43)[C@@H]12. The zero-order valence-corrected chi connectivity index (χ0v) is 13.4. The van der Waals surface area contributed by atoms with Gasteiger partial charge in [-0.25, -0.2) is 0 Å². The molecule has 0 saturated carbocycles. The predicted molar refractivity (Wildman–Crippen MR) is 87.2 cm³/mol. The van der Waals surface area contributed by atoms with Crippen LogP contribution in [0, 0.1) is 5.41 Å². The number of nitrogens with zero attached hydrogens (tertiary/aromatic N) is 2. The van der Waals surface area contributed by atoms with Crippen molar-refractivity contribution >= 4 is 10.9 Å². The lowest BCUT2D eigenvalue weighted by atomic mass is 9.63. The highest BCUT2D eigenvalue weighted by atomic mass is 16.5. The Kier molecular flexibility index (Phi) is 2.26. The maximum Gasteiger partial charge on any atom is 0.135 e. The number of aromatic nitrogens is 1. The van der Waals surface area contributed by atoms with Crippen molar-refractivity contribution in [3.8, 4) is 0 Å². The van der Waals surface area contributed by atoms with Crippen LogP contribution in [0.25, 0.3) is 10.9 Å². The average molecular weight is 310 g/mol. The van der Waals surface area contributed by atoms with E-state index in [4.69, 9.17) is 4.74 Å². The van der Waals surface area contributed by atoms with Gasteiger partial charge in [-0.15, -0.1) is 0 Å². The van der Waals surface area contributed by atoms with Crippen LogP contribution in [0.3, 0.4) is 0 Å². The van der Waals surface area contributed by atoms with E-state index in [-0.39, 0.29) is 23.9 Å². The van der Waals surface area contributed by atoms with E-state index in [0.29, 0.717) is 6.04 Å². The number of aliphatic hydroxyl groups excluding tert-OH is 1. The molecule has 0 aliphatic carbocycles. The van der Waals surface area contributed by atoms with Crippen molar-refractivity contribution in [1.82, 2.24) is 9.47 Å². The minimum atomic E-state index is -0.353. The number of aliphatic hydroxyl groups is 1. The molecule has 2 bridgehead atoms. The highest BCUT2D eigenvalue weighted by molar-refractivity contribution is 5.86. The fraction of sp³-hybridized carbons (Fsp3) is 0.579. The Morgan fingerprint density at radius 3 is 3.09 bits per heavy atom. The van der Waals surface area contributed by atoms with Gasteiger partial charge in [0.15, 0.2) is 0 Å². The molecule has 2 fully saturated rings. The first-order chi connectivity index (χ1) is 11.2. The summed E-state index contributed by atoms with van der Waals surface area (Å²) >= 11 is 0. The highest BCUT2D eigenvalue weighted by Crippen LogP contribution is 2.64. The summed E-state index contributed by atoms with van der Waals surface area (Å²) in [6, 6.07) is 9.20. The van der Waals surface area contributed by atoms with Gasteiger partial charge in [0.05, 0.1) is 23.8 Å². The summed E-state index contributed by atoms with van der Waals surface area (Å²) in [7, 11) is 0. The molecular weight excluding hydrogens is 288 g/mol. The maximum absolute atomic E-state index is 10.7. The van der Waals surface area contributed by atoms with E-state index in [0.717, 1.165) is 32.4 Å². The number of piperidine rings is 1. The second-order valence-corrected chi connectivity index (χ2v) is 7.77. The third-order valence-electron chi connectivity index (χ3n) is 7.02. The molecule has 0 spiro atoms. The molecule has 0 unspecified atom stereocenters. The van der Waals surface area contributed by atoms with Gasteiger partial charge in [0.2, 0.25) is 0 Å². The fourth-order valence-corrected chi connectivity index (χ4v) is 6.17. The zero-order valence-electron chi connectivity index (χ0n) is 13.4. The molecule has 0 radical (unpaired) electrons. The van der Waals surface area contributed by atoms with E-state index in [1.165, 1.54) is 22.2 Å². The summed E-state index contributed by atoms with van der Waals surface area (Å²) in [5, 5.41) is 12.1. The topological polar surface area (TPSA) is 37.6 Å². The first-order valence-corrected chi connectivity index (χ1v) is 8.94. The Morgan fingerprint density at radius 1 is 1.35 bits per heavy atom. The molecule has 120 valence electrons. The lowest BCUT2D eigenvalue weighted by Gasteiger charge is -2.55. The number of fused-ring (bicyclic) bond motifs is 5. The van der Waals surface area contributed by atoms with Gasteiger partial charge in [-0.05, 0) is 24.5 Å². The second kappa shape index (κ2) is 4.00. The van der Waals surface area contributed by atoms with Crippen LogP contribution in [0.1, 0.15) is 43.3 Å². The van der Waals surface area contributed by atoms with Gasteiger partial charge in [0.25, 0.3) is 0 Å². The molecular formula is C19H22N2O2. The van der Waals surface area contributed by atoms with Crippen molar-refractivity contribution in [2.75, 3.05) is 13.1 Å². The Labute approximate surface area is 135 Å². The number of rotatable bonds is 1. The van der Waals surface area contributed by atoms with Crippen LogP contribution in [0.5, 0.6) is 0 Å². The maximum atomic E-state index is 10.7. The molecule has 4 nitrogen and oxygen atoms in total. The summed E-state index contributed by atoms with van der Waals surface area (Å²) in [5.41, 5.74) is 4.42. The van der Waals surface area contributed by atoms with Crippen molar-refractivity contribution < 1.29 is 9.84 Å². The van der Waals surface area contributed by atoms with Crippen molar-refractivity contribution in [2.24, 2.45) is 5.41 Å². The first-order valence-electron chi connectivity index (χ1n) is 8.94. The number of hydrogen-bond acceptors (Lipinski definition) is 3. The molecule has 4 heteroatoms. The summed E-state index contributed by atoms with van der Waals surface area (Å²) in [4.78, 5) is 2.54. The normalized spacial score (nSPS) is 40.8. The summed E-state index contributed by atoms with van der Waals surface area (Å²) in [5.74, 6) is 0. The van der Waals surface area contributed by atoms with E-state index in [2.05, 4.69) is 40.7 Å². The van der Waals surface area contributed by atoms with E-state index in [1.54, 1.807) is 0 Å². The smallest absolute Gasteiger partial charge is 0.135 e. The lowest BCUT2D eigenvalue weighted by molar-refractivity contribution is -0.139. The second-order valence-electron chi connectivity index (χ2n) is 7.77. The van der Waals surface area contributed by atoms with Crippen LogP contribution in [0.2, 0.25) is 0 Å². The number of ether oxygens (including phenoxy) is 1. The van der Waals surface area contributed by atoms with Crippen molar-refractivity contribution in [3.05, 3.63) is 35.5 Å². The summed E-state index contributed by atoms with van der Waals surface area (Å²) in [6.07, 6.45) is 2.93. The van der Waals surface area contributed by atoms with Crippen LogP contribution in [0.4, 0.5) is 0 Å². The molecule has 23 heavy (non-hydrogen) atoms. The van der Waals surface area contributed by atoms with Gasteiger partial charge in [0.1, 0.15) is 6.23 Å². The van der Waals surface area contributed by atoms with Crippen molar-refractivity contribution in [2.45, 2.75) is 50.7 Å². The molecule has 2 saturated heterocycles. The van der Waals surface area contributed by atoms with E-state index < -0.39 is 0 Å². The molecule has 5 atom stereocenters. The number of para-hydroxylation sites is 1. The van der Waals surface area contributed by atoms with Crippen molar-refractivity contribution in [3.63, 3.8) is 0 Å². The minimum Gasteiger partial charge on any atom is -0.389 e. The summed E-state index contributed by atoms with van der Waals surface area (Å²) < 4.78 is 8.94. The largest absolute Gasteiger partial charge is 0.389 e. The molecule has 0 amide bonds. The van der Waals surface area contributed by atoms with Crippen LogP contribution >= 0.6 is 0 Å². The molecule has 6 rings (SSSR count). The molecule has 4 aliphatic heterocycles. The van der Waals surface area contributed by atoms with Gasteiger partial charge in [0, 0.05) is 36.0 Å². The molecule has 1 aromatic carbocycles. The quantitative estimate of drug-likeness (QED) is 0.880. The summed E-state index contributed by atoms with van der Waals surface area (Å²) in [6.45, 7) is 4.09. The molecule has 1 N–H and O–H groups in total. The Bertz CT molecular complexity index is 828. The Hall–Kier alpha value is -1.36. The third-order valence-corrected chi connectivity index (χ3v) is 7.02. The molecule has 1 aromatic heterocycles. The van der Waals surface area contributed by atoms with E-state index >= 15 is 0 Å².